The molecule has 8 heteroatoms. The third-order valence-corrected chi connectivity index (χ3v) is 4.35. The van der Waals surface area contributed by atoms with Crippen molar-refractivity contribution in [2.45, 2.75) is 13.0 Å². The summed E-state index contributed by atoms with van der Waals surface area (Å²) in [5, 5.41) is 9.96. The number of aryl methyl sites for hydroxylation is 1. The second kappa shape index (κ2) is 6.02. The number of hydrogen-bond donors (Lipinski definition) is 0. The fourth-order valence-electron chi connectivity index (χ4n) is 2.37. The molecule has 1 atom stereocenters. The Hall–Kier alpha value is -1.25. The minimum Gasteiger partial charge on any atom is -0.378 e. The first-order valence-electron chi connectivity index (χ1n) is 6.77. The lowest BCUT2D eigenvalue weighted by atomic mass is 10.2. The highest BCUT2D eigenvalue weighted by Gasteiger charge is 2.32. The molecule has 1 amide bonds. The number of anilines is 1. The van der Waals surface area contributed by atoms with Crippen molar-refractivity contribution in [1.29, 1.82) is 0 Å². The molecule has 2 fully saturated rings. The van der Waals surface area contributed by atoms with Gasteiger partial charge in [-0.3, -0.25) is 4.79 Å². The van der Waals surface area contributed by atoms with E-state index in [1.807, 2.05) is 11.8 Å². The summed E-state index contributed by atoms with van der Waals surface area (Å²) in [6.07, 6.45) is -0.411. The van der Waals surface area contributed by atoms with Crippen LogP contribution in [0.15, 0.2) is 0 Å². The first-order valence-corrected chi connectivity index (χ1v) is 7.59. The van der Waals surface area contributed by atoms with Gasteiger partial charge in [0.15, 0.2) is 6.10 Å². The number of carbonyl (C=O) groups is 1. The van der Waals surface area contributed by atoms with Crippen molar-refractivity contribution in [3.8, 4) is 0 Å². The molecule has 0 saturated carbocycles. The second-order valence-corrected chi connectivity index (χ2v) is 6.01. The number of hydrogen-bond acceptors (Lipinski definition) is 7. The lowest BCUT2D eigenvalue weighted by Gasteiger charge is -2.35. The number of amides is 1. The summed E-state index contributed by atoms with van der Waals surface area (Å²) in [6, 6.07) is 0. The van der Waals surface area contributed by atoms with Crippen molar-refractivity contribution < 1.29 is 14.3 Å². The molecule has 0 aliphatic carbocycles. The molecule has 3 rings (SSSR count). The molecule has 110 valence electrons. The molecule has 7 nitrogen and oxygen atoms in total. The molecule has 2 saturated heterocycles. The van der Waals surface area contributed by atoms with Crippen molar-refractivity contribution in [1.82, 2.24) is 15.1 Å². The van der Waals surface area contributed by atoms with Crippen LogP contribution >= 0.6 is 11.3 Å². The second-order valence-electron chi connectivity index (χ2n) is 4.85. The van der Waals surface area contributed by atoms with Crippen molar-refractivity contribution in [2.24, 2.45) is 0 Å². The average molecular weight is 298 g/mol. The van der Waals surface area contributed by atoms with Gasteiger partial charge < -0.3 is 19.3 Å². The zero-order valence-corrected chi connectivity index (χ0v) is 12.3. The summed E-state index contributed by atoms with van der Waals surface area (Å²) >= 11 is 1.55. The number of nitrogens with zero attached hydrogens (tertiary/aromatic N) is 4. The third-order valence-electron chi connectivity index (χ3n) is 3.45. The Balaban J connectivity index is 1.63. The molecule has 2 aliphatic rings. The van der Waals surface area contributed by atoms with Gasteiger partial charge in [0.1, 0.15) is 5.01 Å². The Bertz CT molecular complexity index is 475. The number of ether oxygens (including phenoxy) is 2. The van der Waals surface area contributed by atoms with E-state index in [2.05, 4.69) is 15.1 Å². The van der Waals surface area contributed by atoms with Crippen LogP contribution in [0.1, 0.15) is 5.01 Å². The monoisotopic (exact) mass is 298 g/mol. The smallest absolute Gasteiger partial charge is 0.253 e. The van der Waals surface area contributed by atoms with E-state index < -0.39 is 6.10 Å². The Morgan fingerprint density at radius 1 is 1.25 bits per heavy atom. The van der Waals surface area contributed by atoms with Gasteiger partial charge in [0.2, 0.25) is 5.13 Å². The SMILES string of the molecule is Cc1nnc(N2CCOC(C(=O)N3CCOCC3)C2)s1. The van der Waals surface area contributed by atoms with Crippen molar-refractivity contribution in [3.63, 3.8) is 0 Å². The predicted molar refractivity (Wildman–Crippen MR) is 74.0 cm³/mol. The van der Waals surface area contributed by atoms with E-state index in [0.29, 0.717) is 39.5 Å². The quantitative estimate of drug-likeness (QED) is 0.760. The number of rotatable bonds is 2. The van der Waals surface area contributed by atoms with Crippen LogP contribution in [0.25, 0.3) is 0 Å². The van der Waals surface area contributed by atoms with Crippen LogP contribution in [-0.4, -0.2) is 73.1 Å². The molecule has 0 N–H and O–H groups in total. The standard InChI is InChI=1S/C12H18N4O3S/c1-9-13-14-12(20-9)16-4-7-19-10(8-16)11(17)15-2-5-18-6-3-15/h10H,2-8H2,1H3. The van der Waals surface area contributed by atoms with E-state index in [4.69, 9.17) is 9.47 Å². The van der Waals surface area contributed by atoms with Crippen molar-refractivity contribution in [2.75, 3.05) is 50.9 Å². The van der Waals surface area contributed by atoms with Crippen molar-refractivity contribution >= 4 is 22.4 Å². The first-order chi connectivity index (χ1) is 9.74. The summed E-state index contributed by atoms with van der Waals surface area (Å²) in [7, 11) is 0. The molecule has 2 aliphatic heterocycles. The van der Waals surface area contributed by atoms with Crippen LogP contribution in [-0.2, 0) is 14.3 Å². The van der Waals surface area contributed by atoms with Gasteiger partial charge in [-0.2, -0.15) is 0 Å². The van der Waals surface area contributed by atoms with E-state index >= 15 is 0 Å². The highest BCUT2D eigenvalue weighted by molar-refractivity contribution is 7.15. The normalized spacial score (nSPS) is 23.9. The Morgan fingerprint density at radius 2 is 2.05 bits per heavy atom. The summed E-state index contributed by atoms with van der Waals surface area (Å²) in [4.78, 5) is 16.3. The van der Waals surface area contributed by atoms with Gasteiger partial charge in [-0.1, -0.05) is 11.3 Å². The Kier molecular flexibility index (Phi) is 4.13. The van der Waals surface area contributed by atoms with E-state index in [9.17, 15) is 4.79 Å². The lowest BCUT2D eigenvalue weighted by molar-refractivity contribution is -0.148. The van der Waals surface area contributed by atoms with E-state index in [0.717, 1.165) is 16.7 Å². The molecule has 0 bridgehead atoms. The van der Waals surface area contributed by atoms with Gasteiger partial charge in [-0.05, 0) is 6.92 Å². The van der Waals surface area contributed by atoms with E-state index in [1.165, 1.54) is 0 Å². The maximum atomic E-state index is 12.4. The van der Waals surface area contributed by atoms with Crippen LogP contribution in [0.5, 0.6) is 0 Å². The van der Waals surface area contributed by atoms with Crippen LogP contribution < -0.4 is 4.90 Å². The van der Waals surface area contributed by atoms with Gasteiger partial charge in [-0.15, -0.1) is 10.2 Å². The van der Waals surface area contributed by atoms with Gasteiger partial charge in [-0.25, -0.2) is 0 Å². The van der Waals surface area contributed by atoms with E-state index in [1.54, 1.807) is 11.3 Å². The minimum atomic E-state index is -0.411. The number of aromatic nitrogens is 2. The largest absolute Gasteiger partial charge is 0.378 e. The fraction of sp³-hybridized carbons (Fsp3) is 0.750. The maximum Gasteiger partial charge on any atom is 0.253 e. The minimum absolute atomic E-state index is 0.0548. The molecule has 1 aromatic heterocycles. The van der Waals surface area contributed by atoms with Crippen LogP contribution in [0.2, 0.25) is 0 Å². The molecular formula is C12H18N4O3S. The predicted octanol–water partition coefficient (Wildman–Crippen LogP) is -0.0895. The average Bonchev–Trinajstić information content (AvgIpc) is 2.94. The first kappa shape index (κ1) is 13.7. The third kappa shape index (κ3) is 2.92. The summed E-state index contributed by atoms with van der Waals surface area (Å²) < 4.78 is 10.9. The molecule has 3 heterocycles. The van der Waals surface area contributed by atoms with Crippen LogP contribution in [0, 0.1) is 6.92 Å². The Labute approximate surface area is 121 Å². The molecule has 1 unspecified atom stereocenters. The molecular weight excluding hydrogens is 280 g/mol. The van der Waals surface area contributed by atoms with Crippen molar-refractivity contribution in [3.05, 3.63) is 5.01 Å². The van der Waals surface area contributed by atoms with Crippen LogP contribution in [0.4, 0.5) is 5.13 Å². The van der Waals surface area contributed by atoms with Crippen LogP contribution in [0.3, 0.4) is 0 Å². The summed E-state index contributed by atoms with van der Waals surface area (Å²) in [6.45, 7) is 6.28. The molecule has 0 aromatic carbocycles. The zero-order chi connectivity index (χ0) is 13.9. The van der Waals surface area contributed by atoms with E-state index in [-0.39, 0.29) is 5.91 Å². The highest BCUT2D eigenvalue weighted by Crippen LogP contribution is 2.22. The Morgan fingerprint density at radius 3 is 2.75 bits per heavy atom. The lowest BCUT2D eigenvalue weighted by Crippen LogP contribution is -2.53. The summed E-state index contributed by atoms with van der Waals surface area (Å²) in [5.41, 5.74) is 0. The van der Waals surface area contributed by atoms with Gasteiger partial charge in [0.25, 0.3) is 5.91 Å². The topological polar surface area (TPSA) is 67.8 Å². The van der Waals surface area contributed by atoms with Gasteiger partial charge in [0.05, 0.1) is 26.4 Å². The zero-order valence-electron chi connectivity index (χ0n) is 11.4. The molecule has 0 spiro atoms. The highest BCUT2D eigenvalue weighted by atomic mass is 32.1. The molecule has 1 aromatic rings. The molecule has 0 radical (unpaired) electrons. The number of carbonyl (C=O) groups excluding carboxylic acids is 1. The van der Waals surface area contributed by atoms with Gasteiger partial charge >= 0.3 is 0 Å². The fourth-order valence-corrected chi connectivity index (χ4v) is 3.10. The molecule has 20 heavy (non-hydrogen) atoms. The summed E-state index contributed by atoms with van der Waals surface area (Å²) in [5.74, 6) is 0.0548. The van der Waals surface area contributed by atoms with Gasteiger partial charge in [0, 0.05) is 19.6 Å². The maximum absolute atomic E-state index is 12.4. The number of morpholine rings is 2.